The van der Waals surface area contributed by atoms with Crippen LogP contribution in [-0.4, -0.2) is 111 Å². The molecule has 0 rings (SSSR count). The molecular weight excluding hydrogens is 1310 g/mol. The van der Waals surface area contributed by atoms with Gasteiger partial charge in [0.15, 0.2) is 0 Å². The number of hydrogen-bond acceptors (Lipinski definition) is 15. The minimum Gasteiger partial charge on any atom is -0.463 e. The summed E-state index contributed by atoms with van der Waals surface area (Å²) in [6.45, 7) is 2.28. The Hall–Kier alpha value is -3.18. The van der Waals surface area contributed by atoms with Gasteiger partial charge in [0.2, 0.25) is 0 Å². The maximum atomic E-state index is 13.1. The summed E-state index contributed by atoms with van der Waals surface area (Å²) in [6.07, 6.45) is 78.6. The van der Waals surface area contributed by atoms with Gasteiger partial charge in [0.05, 0.1) is 33.0 Å². The molecule has 0 bridgehead atoms. The number of phosphoric ester groups is 2. The molecule has 0 fully saturated rings. The van der Waals surface area contributed by atoms with Crippen molar-refractivity contribution < 1.29 is 80.2 Å². The predicted molar refractivity (Wildman–Crippen MR) is 409 cm³/mol. The fourth-order valence-corrected chi connectivity index (χ4v) is 12.6. The van der Waals surface area contributed by atoms with Gasteiger partial charge in [-0.1, -0.05) is 267 Å². The molecule has 582 valence electrons. The third-order valence-corrected chi connectivity index (χ3v) is 19.1. The minimum atomic E-state index is -4.85. The molecule has 0 radical (unpaired) electrons. The van der Waals surface area contributed by atoms with Gasteiger partial charge in [0, 0.05) is 38.9 Å². The van der Waals surface area contributed by atoms with Gasteiger partial charge in [-0.25, -0.2) is 9.13 Å². The Morgan fingerprint density at radius 3 is 1.07 bits per heavy atom. The monoisotopic (exact) mass is 1450 g/mol. The lowest BCUT2D eigenvalue weighted by atomic mass is 10.0. The quantitative estimate of drug-likeness (QED) is 0.0169. The van der Waals surface area contributed by atoms with E-state index in [1.807, 2.05) is 6.08 Å². The fraction of sp³-hybridized carbons (Fsp3) is 0.802. The van der Waals surface area contributed by atoms with E-state index in [2.05, 4.69) is 80.7 Å². The molecule has 0 aromatic heterocycles. The van der Waals surface area contributed by atoms with Crippen LogP contribution in [0.3, 0.4) is 0 Å². The Morgan fingerprint density at radius 1 is 0.330 bits per heavy atom. The van der Waals surface area contributed by atoms with Crippen molar-refractivity contribution in [3.05, 3.63) is 72.9 Å². The van der Waals surface area contributed by atoms with Crippen LogP contribution in [0.1, 0.15) is 348 Å². The predicted octanol–water partition coefficient (Wildman–Crippen LogP) is 22.5. The molecule has 0 aromatic rings. The second kappa shape index (κ2) is 76.9. The third kappa shape index (κ3) is 76.0. The molecule has 100 heavy (non-hydrogen) atoms. The molecule has 0 aromatic carbocycles. The summed E-state index contributed by atoms with van der Waals surface area (Å²) in [6, 6.07) is 0. The maximum absolute atomic E-state index is 13.1. The highest BCUT2D eigenvalue weighted by molar-refractivity contribution is 7.47. The van der Waals surface area contributed by atoms with Crippen LogP contribution in [0.5, 0.6) is 0 Å². The average Bonchev–Trinajstić information content (AvgIpc) is 0.949. The normalized spacial score (nSPS) is 14.3. The molecule has 3 N–H and O–H groups in total. The number of aldehydes is 2. The van der Waals surface area contributed by atoms with Gasteiger partial charge in [0.1, 0.15) is 37.5 Å². The van der Waals surface area contributed by atoms with Crippen LogP contribution < -0.4 is 0 Å². The van der Waals surface area contributed by atoms with Crippen LogP contribution >= 0.6 is 15.6 Å². The van der Waals surface area contributed by atoms with Crippen molar-refractivity contribution in [3.8, 4) is 0 Å². The Balaban J connectivity index is 5.23. The van der Waals surface area contributed by atoms with Gasteiger partial charge >= 0.3 is 27.6 Å². The summed E-state index contributed by atoms with van der Waals surface area (Å²) in [5, 5.41) is 10.6. The number of phosphoric acid groups is 2. The molecule has 0 amide bonds. The first-order valence-electron chi connectivity index (χ1n) is 40.1. The summed E-state index contributed by atoms with van der Waals surface area (Å²) in [5.41, 5.74) is 0. The van der Waals surface area contributed by atoms with Crippen LogP contribution in [0.25, 0.3) is 0 Å². The van der Waals surface area contributed by atoms with Gasteiger partial charge in [-0.2, -0.15) is 0 Å². The van der Waals surface area contributed by atoms with Gasteiger partial charge in [-0.05, 0) is 128 Å². The minimum absolute atomic E-state index is 0.0604. The number of esters is 2. The van der Waals surface area contributed by atoms with E-state index in [0.717, 1.165) is 180 Å². The zero-order valence-electron chi connectivity index (χ0n) is 63.2. The number of carbonyl (C=O) groups is 4. The maximum Gasteiger partial charge on any atom is 0.472 e. The molecule has 17 nitrogen and oxygen atoms in total. The Kier molecular flexibility index (Phi) is 74.5. The molecule has 0 aliphatic rings. The van der Waals surface area contributed by atoms with Crippen molar-refractivity contribution in [2.24, 2.45) is 0 Å². The highest BCUT2D eigenvalue weighted by atomic mass is 31.2. The largest absolute Gasteiger partial charge is 0.472 e. The van der Waals surface area contributed by atoms with E-state index in [1.165, 1.54) is 122 Å². The first-order chi connectivity index (χ1) is 48.9. The lowest BCUT2D eigenvalue weighted by molar-refractivity contribution is -0.154. The van der Waals surface area contributed by atoms with Crippen LogP contribution in [0.4, 0.5) is 0 Å². The van der Waals surface area contributed by atoms with E-state index in [-0.39, 0.29) is 26.1 Å². The highest BCUT2D eigenvalue weighted by Crippen LogP contribution is 2.45. The summed E-state index contributed by atoms with van der Waals surface area (Å²) in [7, 11) is -9.69. The zero-order valence-corrected chi connectivity index (χ0v) is 65.0. The summed E-state index contributed by atoms with van der Waals surface area (Å²) < 4.78 is 70.0. The number of ether oxygens (including phenoxy) is 4. The lowest BCUT2D eigenvalue weighted by Crippen LogP contribution is -2.29. The molecule has 0 aliphatic heterocycles. The number of rotatable bonds is 80. The van der Waals surface area contributed by atoms with Crippen molar-refractivity contribution in [3.63, 3.8) is 0 Å². The Morgan fingerprint density at radius 2 is 0.640 bits per heavy atom. The Labute approximate surface area is 609 Å². The van der Waals surface area contributed by atoms with Gasteiger partial charge in [0.25, 0.3) is 0 Å². The first-order valence-corrected chi connectivity index (χ1v) is 43.1. The Bertz CT molecular complexity index is 2110. The second-order valence-electron chi connectivity index (χ2n) is 26.9. The third-order valence-electron chi connectivity index (χ3n) is 17.2. The van der Waals surface area contributed by atoms with E-state index in [0.29, 0.717) is 45.3 Å². The molecule has 0 aliphatic carbocycles. The zero-order chi connectivity index (χ0) is 72.9. The van der Waals surface area contributed by atoms with Crippen molar-refractivity contribution >= 4 is 40.2 Å². The van der Waals surface area contributed by atoms with E-state index < -0.39 is 72.3 Å². The number of unbranched alkanes of at least 4 members (excludes halogenated alkanes) is 40. The van der Waals surface area contributed by atoms with Gasteiger partial charge < -0.3 is 43.4 Å². The molecule has 0 saturated heterocycles. The molecule has 19 heteroatoms. The standard InChI is InChI=1S/C81H146O17P2/c1-3-5-7-9-11-13-15-17-18-19-24-30-35-41-47-53-59-65-80(85)93-74-78(92-70-64-58-52-46-40-34-28-23-21-26-32-38-44-50-56-62-68-83)75-96-99(87,88)94-71-77(84)72-95-100(89,90)97-76-79(98-81(86)66-60-54-48-42-36-29-16-14-12-10-8-6-4-2)73-91-69-63-57-51-45-39-33-27-22-20-25-31-37-43-49-55-61-67-82/h11,13,17-18,20-21,24-26,30,41,47,67-68,77-79,84H,3-10,12,14-16,19,22-23,27-29,31-40,42-46,48-66,69-76H2,1-2H3,(H,87,88)(H,89,90)/b13-11-,18-17-,25-20-,26-21-,30-24-,47-41-/t77-,78-,79-/m1/s1. The van der Waals surface area contributed by atoms with Crippen molar-refractivity contribution in [2.75, 3.05) is 52.9 Å². The van der Waals surface area contributed by atoms with Crippen LogP contribution in [-0.2, 0) is 65.4 Å². The molecule has 0 saturated carbocycles. The molecule has 0 heterocycles. The number of aliphatic hydroxyl groups excluding tert-OH is 1. The van der Waals surface area contributed by atoms with Crippen molar-refractivity contribution in [1.82, 2.24) is 0 Å². The van der Waals surface area contributed by atoms with Crippen molar-refractivity contribution in [2.45, 2.75) is 366 Å². The number of aliphatic hydroxyl groups is 1. The SMILES string of the molecule is CCCCC/C=C\C/C=C\C/C=C\C/C=C\CCCC(=O)OC[C@H](COP(=O)(O)OC[C@@H](O)COP(=O)(O)OC[C@@H](COCCCCCCCCC/C=C\CCCCCCC=O)OC(=O)CCCCCCCCCCCCCCC)OCCCCCCCCC/C=C\CCCCCCC=O. The average molecular weight is 1450 g/mol. The summed E-state index contributed by atoms with van der Waals surface area (Å²) >= 11 is 0. The first kappa shape index (κ1) is 96.8. The van der Waals surface area contributed by atoms with E-state index in [1.54, 1.807) is 0 Å². The number of carbonyl (C=O) groups excluding carboxylic acids is 4. The van der Waals surface area contributed by atoms with E-state index >= 15 is 0 Å². The van der Waals surface area contributed by atoms with Gasteiger partial charge in [-0.3, -0.25) is 27.7 Å². The number of hydrogen-bond donors (Lipinski definition) is 3. The van der Waals surface area contributed by atoms with Crippen LogP contribution in [0.2, 0.25) is 0 Å². The van der Waals surface area contributed by atoms with Crippen LogP contribution in [0.15, 0.2) is 72.9 Å². The lowest BCUT2D eigenvalue weighted by Gasteiger charge is -2.21. The summed E-state index contributed by atoms with van der Waals surface area (Å²) in [4.78, 5) is 68.0. The molecule has 2 unspecified atom stereocenters. The molecular formula is C81H146O17P2. The topological polar surface area (TPSA) is 237 Å². The highest BCUT2D eigenvalue weighted by Gasteiger charge is 2.29. The van der Waals surface area contributed by atoms with E-state index in [9.17, 15) is 43.2 Å². The van der Waals surface area contributed by atoms with E-state index in [4.69, 9.17) is 37.0 Å². The van der Waals surface area contributed by atoms with Crippen LogP contribution in [0, 0.1) is 0 Å². The summed E-state index contributed by atoms with van der Waals surface area (Å²) in [5.74, 6) is -0.896. The van der Waals surface area contributed by atoms with Gasteiger partial charge in [-0.15, -0.1) is 0 Å². The smallest absolute Gasteiger partial charge is 0.463 e. The van der Waals surface area contributed by atoms with Crippen molar-refractivity contribution in [1.29, 1.82) is 0 Å². The second-order valence-corrected chi connectivity index (χ2v) is 29.8. The number of allylic oxidation sites excluding steroid dienone is 12. The molecule has 5 atom stereocenters. The molecule has 0 spiro atoms. The fourth-order valence-electron chi connectivity index (χ4n) is 11.0.